The Morgan fingerprint density at radius 1 is 1.26 bits per heavy atom. The largest absolute Gasteiger partial charge is 0.479 e. The van der Waals surface area contributed by atoms with Crippen LogP contribution in [0, 0.1) is 11.3 Å². The van der Waals surface area contributed by atoms with E-state index in [2.05, 4.69) is 19.2 Å². The normalized spacial score (nSPS) is 26.3. The fourth-order valence-corrected chi connectivity index (χ4v) is 3.39. The number of rotatable bonds is 4. The third-order valence-electron chi connectivity index (χ3n) is 4.82. The first kappa shape index (κ1) is 17.3. The van der Waals surface area contributed by atoms with Crippen molar-refractivity contribution >= 4 is 12.1 Å². The van der Waals surface area contributed by atoms with E-state index in [4.69, 9.17) is 4.74 Å². The molecule has 126 valence electrons. The second kappa shape index (κ2) is 6.60. The summed E-state index contributed by atoms with van der Waals surface area (Å²) in [5.74, 6) is -1.15. The molecule has 23 heavy (non-hydrogen) atoms. The number of aliphatic carboxylic acids is 1. The fourth-order valence-electron chi connectivity index (χ4n) is 3.39. The molecule has 2 atom stereocenters. The Bertz CT molecular complexity index is 570. The van der Waals surface area contributed by atoms with Crippen LogP contribution in [0.3, 0.4) is 0 Å². The van der Waals surface area contributed by atoms with E-state index in [1.54, 1.807) is 0 Å². The van der Waals surface area contributed by atoms with Crippen molar-refractivity contribution in [1.82, 2.24) is 5.32 Å². The van der Waals surface area contributed by atoms with E-state index < -0.39 is 17.6 Å². The van der Waals surface area contributed by atoms with E-state index in [0.717, 1.165) is 18.4 Å². The Kier molecular flexibility index (Phi) is 4.97. The molecular weight excluding hydrogens is 294 g/mol. The maximum absolute atomic E-state index is 12.1. The molecule has 0 aromatic heterocycles. The summed E-state index contributed by atoms with van der Waals surface area (Å²) < 4.78 is 5.19. The number of carbonyl (C=O) groups is 2. The number of carboxylic acids is 1. The maximum Gasteiger partial charge on any atom is 0.408 e. The molecule has 5 nitrogen and oxygen atoms in total. The number of benzene rings is 1. The Hall–Kier alpha value is -2.04. The average molecular weight is 319 g/mol. The van der Waals surface area contributed by atoms with Gasteiger partial charge in [-0.1, -0.05) is 51.1 Å². The number of hydrogen-bond acceptors (Lipinski definition) is 3. The van der Waals surface area contributed by atoms with Crippen LogP contribution in [-0.2, 0) is 16.1 Å². The van der Waals surface area contributed by atoms with Crippen LogP contribution in [-0.4, -0.2) is 22.7 Å². The highest BCUT2D eigenvalue weighted by Crippen LogP contribution is 2.44. The summed E-state index contributed by atoms with van der Waals surface area (Å²) in [6, 6.07) is 9.31. The first-order valence-corrected chi connectivity index (χ1v) is 7.97. The van der Waals surface area contributed by atoms with E-state index in [1.807, 2.05) is 37.3 Å². The lowest BCUT2D eigenvalue weighted by molar-refractivity contribution is -0.150. The van der Waals surface area contributed by atoms with Gasteiger partial charge in [0.05, 0.1) is 0 Å². The molecule has 1 amide bonds. The number of carbonyl (C=O) groups excluding carboxylic acids is 1. The van der Waals surface area contributed by atoms with E-state index in [0.29, 0.717) is 6.42 Å². The molecule has 2 unspecified atom stereocenters. The van der Waals surface area contributed by atoms with Crippen LogP contribution < -0.4 is 5.32 Å². The Balaban J connectivity index is 2.02. The quantitative estimate of drug-likeness (QED) is 0.889. The van der Waals surface area contributed by atoms with E-state index in [9.17, 15) is 14.7 Å². The molecule has 0 saturated heterocycles. The molecule has 1 aliphatic carbocycles. The van der Waals surface area contributed by atoms with Gasteiger partial charge in [-0.2, -0.15) is 0 Å². The molecule has 0 heterocycles. The molecule has 1 aliphatic rings. The molecule has 0 spiro atoms. The Morgan fingerprint density at radius 2 is 1.91 bits per heavy atom. The van der Waals surface area contributed by atoms with Crippen molar-refractivity contribution in [3.63, 3.8) is 0 Å². The minimum atomic E-state index is -1.25. The van der Waals surface area contributed by atoms with Crippen molar-refractivity contribution < 1.29 is 19.4 Å². The highest BCUT2D eigenvalue weighted by atomic mass is 16.5. The zero-order valence-electron chi connectivity index (χ0n) is 14.0. The third-order valence-corrected chi connectivity index (χ3v) is 4.82. The molecule has 0 radical (unpaired) electrons. The summed E-state index contributed by atoms with van der Waals surface area (Å²) in [5, 5.41) is 12.3. The van der Waals surface area contributed by atoms with Crippen LogP contribution >= 0.6 is 0 Å². The van der Waals surface area contributed by atoms with Gasteiger partial charge in [0.1, 0.15) is 12.1 Å². The molecule has 1 fully saturated rings. The lowest BCUT2D eigenvalue weighted by Gasteiger charge is -2.45. The number of ether oxygens (including phenoxy) is 1. The monoisotopic (exact) mass is 319 g/mol. The number of carboxylic acid groups (broad SMARTS) is 1. The van der Waals surface area contributed by atoms with Gasteiger partial charge in [-0.05, 0) is 36.2 Å². The van der Waals surface area contributed by atoms with Gasteiger partial charge in [-0.25, -0.2) is 9.59 Å². The SMILES string of the molecule is CC1CC(C)(C)CCC1(NC(=O)OCc1ccccc1)C(=O)O. The minimum absolute atomic E-state index is 0.0913. The van der Waals surface area contributed by atoms with Crippen molar-refractivity contribution in [2.75, 3.05) is 0 Å². The van der Waals surface area contributed by atoms with Gasteiger partial charge in [0.25, 0.3) is 0 Å². The summed E-state index contributed by atoms with van der Waals surface area (Å²) in [4.78, 5) is 23.9. The first-order valence-electron chi connectivity index (χ1n) is 7.97. The van der Waals surface area contributed by atoms with Crippen LogP contribution in [0.4, 0.5) is 4.79 Å². The van der Waals surface area contributed by atoms with Crippen LogP contribution in [0.1, 0.15) is 45.6 Å². The summed E-state index contributed by atoms with van der Waals surface area (Å²) in [6.07, 6.45) is 1.24. The fraction of sp³-hybridized carbons (Fsp3) is 0.556. The lowest BCUT2D eigenvalue weighted by atomic mass is 9.64. The van der Waals surface area contributed by atoms with Crippen LogP contribution in [0.25, 0.3) is 0 Å². The minimum Gasteiger partial charge on any atom is -0.479 e. The van der Waals surface area contributed by atoms with Gasteiger partial charge < -0.3 is 15.2 Å². The number of hydrogen-bond donors (Lipinski definition) is 2. The molecule has 5 heteroatoms. The highest BCUT2D eigenvalue weighted by Gasteiger charge is 2.50. The van der Waals surface area contributed by atoms with Gasteiger partial charge in [0.15, 0.2) is 0 Å². The van der Waals surface area contributed by atoms with Gasteiger partial charge >= 0.3 is 12.1 Å². The van der Waals surface area contributed by atoms with Crippen molar-refractivity contribution in [3.8, 4) is 0 Å². The predicted molar refractivity (Wildman–Crippen MR) is 86.9 cm³/mol. The van der Waals surface area contributed by atoms with Crippen molar-refractivity contribution in [2.24, 2.45) is 11.3 Å². The van der Waals surface area contributed by atoms with E-state index in [1.165, 1.54) is 0 Å². The van der Waals surface area contributed by atoms with Crippen molar-refractivity contribution in [3.05, 3.63) is 35.9 Å². The first-order chi connectivity index (χ1) is 10.8. The maximum atomic E-state index is 12.1. The van der Waals surface area contributed by atoms with Gasteiger partial charge in [-0.15, -0.1) is 0 Å². The number of amides is 1. The third kappa shape index (κ3) is 4.03. The summed E-state index contributed by atoms with van der Waals surface area (Å²) >= 11 is 0. The molecule has 0 aliphatic heterocycles. The zero-order valence-corrected chi connectivity index (χ0v) is 14.0. The van der Waals surface area contributed by atoms with E-state index >= 15 is 0 Å². The summed E-state index contributed by atoms with van der Waals surface area (Å²) in [5.41, 5.74) is -0.290. The standard InChI is InChI=1S/C18H25NO4/c1-13-11-17(2,3)9-10-18(13,15(20)21)19-16(22)23-12-14-7-5-4-6-8-14/h4-8,13H,9-12H2,1-3H3,(H,19,22)(H,20,21). The summed E-state index contributed by atoms with van der Waals surface area (Å²) in [6.45, 7) is 6.26. The van der Waals surface area contributed by atoms with Crippen LogP contribution in [0.2, 0.25) is 0 Å². The molecule has 0 bridgehead atoms. The molecule has 1 aromatic rings. The zero-order chi connectivity index (χ0) is 17.1. The molecule has 1 aromatic carbocycles. The van der Waals surface area contributed by atoms with Crippen molar-refractivity contribution in [2.45, 2.75) is 52.2 Å². The van der Waals surface area contributed by atoms with E-state index in [-0.39, 0.29) is 17.9 Å². The molecule has 1 saturated carbocycles. The topological polar surface area (TPSA) is 75.6 Å². The van der Waals surface area contributed by atoms with Gasteiger partial charge in [-0.3, -0.25) is 0 Å². The predicted octanol–water partition coefficient (Wildman–Crippen LogP) is 3.58. The summed E-state index contributed by atoms with van der Waals surface area (Å²) in [7, 11) is 0. The van der Waals surface area contributed by atoms with Crippen molar-refractivity contribution in [1.29, 1.82) is 0 Å². The second-order valence-electron chi connectivity index (χ2n) is 7.23. The smallest absolute Gasteiger partial charge is 0.408 e. The number of alkyl carbamates (subject to hydrolysis) is 1. The van der Waals surface area contributed by atoms with Gasteiger partial charge in [0.2, 0.25) is 0 Å². The highest BCUT2D eigenvalue weighted by molar-refractivity contribution is 5.85. The average Bonchev–Trinajstić information content (AvgIpc) is 2.48. The van der Waals surface area contributed by atoms with Crippen LogP contribution in [0.15, 0.2) is 30.3 Å². The second-order valence-corrected chi connectivity index (χ2v) is 7.23. The molecule has 2 N–H and O–H groups in total. The van der Waals surface area contributed by atoms with Crippen LogP contribution in [0.5, 0.6) is 0 Å². The lowest BCUT2D eigenvalue weighted by Crippen LogP contribution is -2.61. The molecule has 2 rings (SSSR count). The Morgan fingerprint density at radius 3 is 2.48 bits per heavy atom. The molecular formula is C18H25NO4. The Labute approximate surface area is 137 Å². The van der Waals surface area contributed by atoms with Gasteiger partial charge in [0, 0.05) is 0 Å². The number of nitrogens with one attached hydrogen (secondary N) is 1.